The molecule has 0 saturated carbocycles. The first-order valence-corrected chi connectivity index (χ1v) is 5.10. The van der Waals surface area contributed by atoms with Crippen LogP contribution in [0.15, 0.2) is 30.6 Å². The molecule has 4 heteroatoms. The van der Waals surface area contributed by atoms with Gasteiger partial charge in [-0.15, -0.1) is 0 Å². The molecule has 2 aromatic rings. The number of aromatic nitrogens is 1. The van der Waals surface area contributed by atoms with Crippen LogP contribution >= 0.6 is 0 Å². The van der Waals surface area contributed by atoms with Gasteiger partial charge in [0.15, 0.2) is 0 Å². The molecule has 0 bridgehead atoms. The fourth-order valence-electron chi connectivity index (χ4n) is 1.39. The number of hydrogen-bond acceptors (Lipinski definition) is 2. The molecule has 0 aliphatic carbocycles. The number of fused-ring (bicyclic) bond motifs is 1. The number of carboxylic acids is 1. The molecule has 1 N–H and O–H groups in total. The molecule has 2 rings (SSSR count). The highest BCUT2D eigenvalue weighted by Gasteiger charge is 2.09. The van der Waals surface area contributed by atoms with Gasteiger partial charge >= 0.3 is 5.97 Å². The van der Waals surface area contributed by atoms with E-state index in [0.29, 0.717) is 16.8 Å². The lowest BCUT2D eigenvalue weighted by molar-refractivity contribution is 0.0699. The summed E-state index contributed by atoms with van der Waals surface area (Å²) in [6.07, 6.45) is 3.43. The molecular weight excluding hydrogens is 206 g/mol. The van der Waals surface area contributed by atoms with E-state index in [1.807, 2.05) is 13.8 Å². The van der Waals surface area contributed by atoms with Crippen LogP contribution in [0.4, 0.5) is 0 Å². The lowest BCUT2D eigenvalue weighted by Gasteiger charge is -2.01. The number of carboxylic acid groups (broad SMARTS) is 1. The van der Waals surface area contributed by atoms with Gasteiger partial charge in [0.2, 0.25) is 0 Å². The molecule has 0 fully saturated rings. The largest absolute Gasteiger partial charge is 0.495 e. The Hall–Kier alpha value is -1.97. The maximum Gasteiger partial charge on any atom is 0.337 e. The zero-order valence-corrected chi connectivity index (χ0v) is 9.60. The van der Waals surface area contributed by atoms with E-state index >= 15 is 0 Å². The Kier molecular flexibility index (Phi) is 3.94. The fraction of sp³-hybridized carbons (Fsp3) is 0.250. The van der Waals surface area contributed by atoms with Crippen LogP contribution in [0, 0.1) is 0 Å². The van der Waals surface area contributed by atoms with Crippen molar-refractivity contribution in [1.82, 2.24) is 4.40 Å². The van der Waals surface area contributed by atoms with Gasteiger partial charge in [-0.25, -0.2) is 4.79 Å². The van der Waals surface area contributed by atoms with Gasteiger partial charge in [-0.2, -0.15) is 0 Å². The first kappa shape index (κ1) is 12.1. The third-order valence-corrected chi connectivity index (χ3v) is 2.09. The smallest absolute Gasteiger partial charge is 0.337 e. The summed E-state index contributed by atoms with van der Waals surface area (Å²) >= 11 is 0. The molecule has 0 aliphatic heterocycles. The normalized spacial score (nSPS) is 9.44. The Morgan fingerprint density at radius 2 is 2.00 bits per heavy atom. The van der Waals surface area contributed by atoms with E-state index in [1.54, 1.807) is 42.1 Å². The van der Waals surface area contributed by atoms with Crippen LogP contribution in [0.25, 0.3) is 5.52 Å². The Morgan fingerprint density at radius 3 is 2.56 bits per heavy atom. The lowest BCUT2D eigenvalue weighted by Crippen LogP contribution is -1.95. The molecule has 0 atom stereocenters. The summed E-state index contributed by atoms with van der Waals surface area (Å²) in [7, 11) is 1.57. The van der Waals surface area contributed by atoms with Gasteiger partial charge in [-0.3, -0.25) is 0 Å². The van der Waals surface area contributed by atoms with Crippen LogP contribution in [0.2, 0.25) is 0 Å². The minimum Gasteiger partial charge on any atom is -0.495 e. The highest BCUT2D eigenvalue weighted by molar-refractivity contribution is 5.95. The molecule has 16 heavy (non-hydrogen) atoms. The van der Waals surface area contributed by atoms with Crippen molar-refractivity contribution in [3.63, 3.8) is 0 Å². The van der Waals surface area contributed by atoms with Crippen LogP contribution in [-0.4, -0.2) is 22.6 Å². The summed E-state index contributed by atoms with van der Waals surface area (Å²) in [5, 5.41) is 8.85. The molecule has 0 aromatic carbocycles. The van der Waals surface area contributed by atoms with Crippen molar-refractivity contribution in [3.05, 3.63) is 36.2 Å². The van der Waals surface area contributed by atoms with Crippen molar-refractivity contribution < 1.29 is 14.6 Å². The summed E-state index contributed by atoms with van der Waals surface area (Å²) in [5.41, 5.74) is 0.964. The minimum atomic E-state index is -0.919. The van der Waals surface area contributed by atoms with E-state index in [1.165, 1.54) is 0 Å². The number of aromatic carboxylic acids is 1. The van der Waals surface area contributed by atoms with Gasteiger partial charge in [0.1, 0.15) is 5.75 Å². The summed E-state index contributed by atoms with van der Waals surface area (Å²) in [5.74, 6) is -0.220. The summed E-state index contributed by atoms with van der Waals surface area (Å²) in [6.45, 7) is 4.00. The number of nitrogens with zero attached hydrogens (tertiary/aromatic N) is 1. The second-order valence-electron chi connectivity index (χ2n) is 2.90. The van der Waals surface area contributed by atoms with Crippen molar-refractivity contribution in [1.29, 1.82) is 0 Å². The van der Waals surface area contributed by atoms with Crippen molar-refractivity contribution >= 4 is 11.5 Å². The number of methoxy groups -OCH3 is 1. The molecule has 0 unspecified atom stereocenters. The summed E-state index contributed by atoms with van der Waals surface area (Å²) in [6, 6.07) is 5.03. The predicted molar refractivity (Wildman–Crippen MR) is 62.3 cm³/mol. The first-order valence-electron chi connectivity index (χ1n) is 5.10. The third kappa shape index (κ3) is 2.16. The van der Waals surface area contributed by atoms with E-state index in [2.05, 4.69) is 0 Å². The standard InChI is InChI=1S/C10H9NO3.C2H6/c1-14-7-2-3-9-8(10(12)13)4-5-11(9)6-7;1-2/h2-6H,1H3,(H,12,13);1-2H3. The fourth-order valence-corrected chi connectivity index (χ4v) is 1.39. The Balaban J connectivity index is 0.000000606. The quantitative estimate of drug-likeness (QED) is 0.848. The summed E-state index contributed by atoms with van der Waals surface area (Å²) < 4.78 is 6.75. The van der Waals surface area contributed by atoms with Gasteiger partial charge in [0.25, 0.3) is 0 Å². The molecule has 0 amide bonds. The maximum atomic E-state index is 10.8. The Morgan fingerprint density at radius 1 is 1.31 bits per heavy atom. The van der Waals surface area contributed by atoms with Gasteiger partial charge < -0.3 is 14.2 Å². The zero-order chi connectivity index (χ0) is 12.1. The topological polar surface area (TPSA) is 50.9 Å². The molecular formula is C12H15NO3. The molecule has 2 aromatic heterocycles. The molecule has 0 saturated heterocycles. The summed E-state index contributed by atoms with van der Waals surface area (Å²) in [4.78, 5) is 10.8. The third-order valence-electron chi connectivity index (χ3n) is 2.09. The highest BCUT2D eigenvalue weighted by atomic mass is 16.5. The highest BCUT2D eigenvalue weighted by Crippen LogP contribution is 2.17. The van der Waals surface area contributed by atoms with Crippen molar-refractivity contribution in [2.45, 2.75) is 13.8 Å². The van der Waals surface area contributed by atoms with Crippen LogP contribution in [0.5, 0.6) is 5.75 Å². The van der Waals surface area contributed by atoms with Gasteiger partial charge in [-0.1, -0.05) is 13.8 Å². The maximum absolute atomic E-state index is 10.8. The van der Waals surface area contributed by atoms with Gasteiger partial charge in [-0.05, 0) is 18.2 Å². The molecule has 4 nitrogen and oxygen atoms in total. The van der Waals surface area contributed by atoms with Crippen LogP contribution < -0.4 is 4.74 Å². The number of ether oxygens (including phenoxy) is 1. The molecule has 0 radical (unpaired) electrons. The number of hydrogen-bond donors (Lipinski definition) is 1. The van der Waals surface area contributed by atoms with Crippen molar-refractivity contribution in [2.75, 3.05) is 7.11 Å². The minimum absolute atomic E-state index is 0.299. The van der Waals surface area contributed by atoms with Crippen LogP contribution in [0.3, 0.4) is 0 Å². The van der Waals surface area contributed by atoms with Crippen LogP contribution in [-0.2, 0) is 0 Å². The average molecular weight is 221 g/mol. The monoisotopic (exact) mass is 221 g/mol. The predicted octanol–water partition coefficient (Wildman–Crippen LogP) is 2.67. The Labute approximate surface area is 94.1 Å². The molecule has 0 spiro atoms. The number of rotatable bonds is 2. The zero-order valence-electron chi connectivity index (χ0n) is 9.60. The average Bonchev–Trinajstić information content (AvgIpc) is 2.74. The van der Waals surface area contributed by atoms with Crippen molar-refractivity contribution in [3.8, 4) is 5.75 Å². The molecule has 86 valence electrons. The SMILES string of the molecule is CC.COc1ccc2c(C(=O)O)ccn2c1. The second-order valence-corrected chi connectivity index (χ2v) is 2.90. The van der Waals surface area contributed by atoms with E-state index < -0.39 is 5.97 Å². The van der Waals surface area contributed by atoms with E-state index in [4.69, 9.17) is 9.84 Å². The van der Waals surface area contributed by atoms with Gasteiger partial charge in [0, 0.05) is 6.20 Å². The number of pyridine rings is 1. The second kappa shape index (κ2) is 5.21. The Bertz CT molecular complexity index is 488. The number of carbonyl (C=O) groups is 1. The van der Waals surface area contributed by atoms with Crippen molar-refractivity contribution in [2.24, 2.45) is 0 Å². The lowest BCUT2D eigenvalue weighted by atomic mass is 10.2. The first-order chi connectivity index (χ1) is 7.72. The van der Waals surface area contributed by atoms with E-state index in [0.717, 1.165) is 0 Å². The molecule has 2 heterocycles. The van der Waals surface area contributed by atoms with Crippen LogP contribution in [0.1, 0.15) is 24.2 Å². The van der Waals surface area contributed by atoms with E-state index in [-0.39, 0.29) is 0 Å². The molecule has 0 aliphatic rings. The van der Waals surface area contributed by atoms with E-state index in [9.17, 15) is 4.79 Å². The van der Waals surface area contributed by atoms with Gasteiger partial charge in [0.05, 0.1) is 24.4 Å².